The van der Waals surface area contributed by atoms with Gasteiger partial charge in [0, 0.05) is 17.2 Å². The van der Waals surface area contributed by atoms with E-state index in [0.29, 0.717) is 5.82 Å². The number of aromatic amines is 1. The smallest absolute Gasteiger partial charge is 0.275 e. The van der Waals surface area contributed by atoms with E-state index in [0.717, 1.165) is 5.69 Å². The second-order valence-corrected chi connectivity index (χ2v) is 5.60. The Kier molecular flexibility index (Phi) is 3.57. The highest BCUT2D eigenvalue weighted by molar-refractivity contribution is 6.29. The highest BCUT2D eigenvalue weighted by Crippen LogP contribution is 2.22. The van der Waals surface area contributed by atoms with Crippen molar-refractivity contribution in [2.24, 2.45) is 0 Å². The summed E-state index contributed by atoms with van der Waals surface area (Å²) < 4.78 is 0. The zero-order valence-corrected chi connectivity index (χ0v) is 11.7. The molecule has 0 unspecified atom stereocenters. The predicted octanol–water partition coefficient (Wildman–Crippen LogP) is 3.01. The molecule has 1 amide bonds. The summed E-state index contributed by atoms with van der Waals surface area (Å²) in [7, 11) is 0. The maximum atomic E-state index is 11.9. The fraction of sp³-hybridized carbons (Fsp3) is 0.308. The van der Waals surface area contributed by atoms with Crippen molar-refractivity contribution in [2.75, 3.05) is 5.32 Å². The maximum Gasteiger partial charge on any atom is 0.275 e. The van der Waals surface area contributed by atoms with Gasteiger partial charge in [0.2, 0.25) is 0 Å². The van der Waals surface area contributed by atoms with Gasteiger partial charge in [-0.25, -0.2) is 4.98 Å². The molecule has 2 aromatic heterocycles. The standard InChI is InChI=1S/C13H15ClN4O/c1-13(2,3)9-7-11(18-17-9)16-12(19)8-5-4-6-10(14)15-8/h4-7H,1-3H3,(H2,16,17,18,19). The van der Waals surface area contributed by atoms with E-state index < -0.39 is 0 Å². The second kappa shape index (κ2) is 5.01. The summed E-state index contributed by atoms with van der Waals surface area (Å²) >= 11 is 5.74. The Morgan fingerprint density at radius 2 is 2.11 bits per heavy atom. The van der Waals surface area contributed by atoms with E-state index in [-0.39, 0.29) is 22.2 Å². The number of aromatic nitrogens is 3. The van der Waals surface area contributed by atoms with Crippen LogP contribution in [0.1, 0.15) is 37.0 Å². The molecule has 0 saturated carbocycles. The lowest BCUT2D eigenvalue weighted by molar-refractivity contribution is 0.102. The molecule has 0 radical (unpaired) electrons. The van der Waals surface area contributed by atoms with Crippen molar-refractivity contribution in [1.29, 1.82) is 0 Å². The second-order valence-electron chi connectivity index (χ2n) is 5.22. The summed E-state index contributed by atoms with van der Waals surface area (Å²) in [4.78, 5) is 15.9. The number of amides is 1. The Balaban J connectivity index is 2.13. The number of halogens is 1. The van der Waals surface area contributed by atoms with Gasteiger partial charge in [0.25, 0.3) is 5.91 Å². The number of rotatable bonds is 2. The Bertz CT molecular complexity index is 601. The first-order valence-corrected chi connectivity index (χ1v) is 6.24. The van der Waals surface area contributed by atoms with E-state index >= 15 is 0 Å². The number of carbonyl (C=O) groups is 1. The fourth-order valence-corrected chi connectivity index (χ4v) is 1.65. The molecule has 5 nitrogen and oxygen atoms in total. The van der Waals surface area contributed by atoms with Crippen LogP contribution in [-0.4, -0.2) is 21.1 Å². The Morgan fingerprint density at radius 1 is 1.37 bits per heavy atom. The predicted molar refractivity (Wildman–Crippen MR) is 74.5 cm³/mol. The van der Waals surface area contributed by atoms with Crippen molar-refractivity contribution in [2.45, 2.75) is 26.2 Å². The molecular formula is C13H15ClN4O. The van der Waals surface area contributed by atoms with Crippen molar-refractivity contribution in [3.8, 4) is 0 Å². The van der Waals surface area contributed by atoms with E-state index in [1.807, 2.05) is 6.07 Å². The summed E-state index contributed by atoms with van der Waals surface area (Å²) in [6, 6.07) is 6.70. The summed E-state index contributed by atoms with van der Waals surface area (Å²) in [6.07, 6.45) is 0. The molecule has 0 fully saturated rings. The molecule has 0 aliphatic heterocycles. The van der Waals surface area contributed by atoms with Crippen molar-refractivity contribution in [1.82, 2.24) is 15.2 Å². The first kappa shape index (κ1) is 13.5. The maximum absolute atomic E-state index is 11.9. The van der Waals surface area contributed by atoms with Crippen LogP contribution < -0.4 is 5.32 Å². The minimum Gasteiger partial charge on any atom is -0.304 e. The van der Waals surface area contributed by atoms with Gasteiger partial charge in [0.05, 0.1) is 0 Å². The molecule has 0 aliphatic carbocycles. The van der Waals surface area contributed by atoms with Crippen LogP contribution in [0.4, 0.5) is 5.82 Å². The van der Waals surface area contributed by atoms with Crippen molar-refractivity contribution < 1.29 is 4.79 Å². The molecular weight excluding hydrogens is 264 g/mol. The third-order valence-electron chi connectivity index (χ3n) is 2.58. The third kappa shape index (κ3) is 3.32. The van der Waals surface area contributed by atoms with Crippen LogP contribution in [0, 0.1) is 0 Å². The molecule has 0 saturated heterocycles. The van der Waals surface area contributed by atoms with E-state index in [2.05, 4.69) is 41.3 Å². The van der Waals surface area contributed by atoms with Crippen LogP contribution in [-0.2, 0) is 5.41 Å². The third-order valence-corrected chi connectivity index (χ3v) is 2.79. The number of pyridine rings is 1. The molecule has 2 heterocycles. The lowest BCUT2D eigenvalue weighted by Gasteiger charge is -2.14. The number of nitrogens with one attached hydrogen (secondary N) is 2. The van der Waals surface area contributed by atoms with Crippen LogP contribution in [0.5, 0.6) is 0 Å². The molecule has 0 aliphatic rings. The lowest BCUT2D eigenvalue weighted by Crippen LogP contribution is -2.14. The SMILES string of the molecule is CC(C)(C)c1cc(NC(=O)c2cccc(Cl)n2)n[nH]1. The van der Waals surface area contributed by atoms with Crippen LogP contribution >= 0.6 is 11.6 Å². The molecule has 2 N–H and O–H groups in total. The van der Waals surface area contributed by atoms with E-state index in [1.54, 1.807) is 18.2 Å². The fourth-order valence-electron chi connectivity index (χ4n) is 1.49. The van der Waals surface area contributed by atoms with Gasteiger partial charge in [-0.3, -0.25) is 9.89 Å². The zero-order valence-electron chi connectivity index (χ0n) is 11.0. The van der Waals surface area contributed by atoms with Gasteiger partial charge in [0.1, 0.15) is 10.8 Å². The first-order chi connectivity index (χ1) is 8.86. The number of H-pyrrole nitrogens is 1. The normalized spacial score (nSPS) is 11.4. The molecule has 6 heteroatoms. The van der Waals surface area contributed by atoms with Gasteiger partial charge < -0.3 is 5.32 Å². The monoisotopic (exact) mass is 278 g/mol. The summed E-state index contributed by atoms with van der Waals surface area (Å²) in [5, 5.41) is 9.91. The number of anilines is 1. The van der Waals surface area contributed by atoms with Crippen LogP contribution in [0.25, 0.3) is 0 Å². The molecule has 0 atom stereocenters. The molecule has 0 bridgehead atoms. The minimum atomic E-state index is -0.338. The number of nitrogens with zero attached hydrogens (tertiary/aromatic N) is 2. The van der Waals surface area contributed by atoms with Gasteiger partial charge in [-0.2, -0.15) is 5.10 Å². The minimum absolute atomic E-state index is 0.0513. The molecule has 2 rings (SSSR count). The Morgan fingerprint density at radius 3 is 2.68 bits per heavy atom. The highest BCUT2D eigenvalue weighted by Gasteiger charge is 2.18. The van der Waals surface area contributed by atoms with E-state index in [4.69, 9.17) is 11.6 Å². The molecule has 19 heavy (non-hydrogen) atoms. The lowest BCUT2D eigenvalue weighted by atomic mass is 9.92. The van der Waals surface area contributed by atoms with Gasteiger partial charge in [0.15, 0.2) is 5.82 Å². The van der Waals surface area contributed by atoms with Crippen LogP contribution in [0.15, 0.2) is 24.3 Å². The first-order valence-electron chi connectivity index (χ1n) is 5.86. The van der Waals surface area contributed by atoms with Gasteiger partial charge in [-0.1, -0.05) is 38.4 Å². The van der Waals surface area contributed by atoms with Crippen molar-refractivity contribution in [3.05, 3.63) is 40.8 Å². The number of carbonyl (C=O) groups excluding carboxylic acids is 1. The Hall–Kier alpha value is -1.88. The van der Waals surface area contributed by atoms with Gasteiger partial charge in [-0.15, -0.1) is 0 Å². The highest BCUT2D eigenvalue weighted by atomic mass is 35.5. The van der Waals surface area contributed by atoms with E-state index in [1.165, 1.54) is 0 Å². The van der Waals surface area contributed by atoms with Crippen molar-refractivity contribution in [3.63, 3.8) is 0 Å². The summed E-state index contributed by atoms with van der Waals surface area (Å²) in [5.41, 5.74) is 1.15. The molecule has 0 spiro atoms. The zero-order chi connectivity index (χ0) is 14.0. The summed E-state index contributed by atoms with van der Waals surface area (Å²) in [6.45, 7) is 6.18. The average molecular weight is 279 g/mol. The van der Waals surface area contributed by atoms with Gasteiger partial charge >= 0.3 is 0 Å². The Labute approximate surface area is 116 Å². The molecule has 0 aromatic carbocycles. The molecule has 100 valence electrons. The largest absolute Gasteiger partial charge is 0.304 e. The number of hydrogen-bond donors (Lipinski definition) is 2. The van der Waals surface area contributed by atoms with E-state index in [9.17, 15) is 4.79 Å². The number of hydrogen-bond acceptors (Lipinski definition) is 3. The van der Waals surface area contributed by atoms with Crippen LogP contribution in [0.3, 0.4) is 0 Å². The quantitative estimate of drug-likeness (QED) is 0.830. The average Bonchev–Trinajstić information content (AvgIpc) is 2.77. The molecule has 2 aromatic rings. The van der Waals surface area contributed by atoms with Gasteiger partial charge in [-0.05, 0) is 12.1 Å². The van der Waals surface area contributed by atoms with Crippen LogP contribution in [0.2, 0.25) is 5.15 Å². The topological polar surface area (TPSA) is 70.7 Å². The summed E-state index contributed by atoms with van der Waals surface area (Å²) in [5.74, 6) is 0.131. The van der Waals surface area contributed by atoms with Crippen molar-refractivity contribution >= 4 is 23.3 Å².